The van der Waals surface area contributed by atoms with E-state index in [0.717, 1.165) is 0 Å². The van der Waals surface area contributed by atoms with Crippen LogP contribution in [0.15, 0.2) is 0 Å². The first-order valence-electron chi connectivity index (χ1n) is 1.57. The fourth-order valence-electron chi connectivity index (χ4n) is 0.0831. The zero-order valence-corrected chi connectivity index (χ0v) is 5.84. The Morgan fingerprint density at radius 2 is 2.50 bits per heavy atom. The molecule has 0 aromatic heterocycles. The van der Waals surface area contributed by atoms with Crippen molar-refractivity contribution in [3.05, 3.63) is 0 Å². The summed E-state index contributed by atoms with van der Waals surface area (Å²) >= 11 is -0.495. The van der Waals surface area contributed by atoms with Crippen molar-refractivity contribution in [2.75, 3.05) is 0 Å². The van der Waals surface area contributed by atoms with Crippen LogP contribution in [-0.2, 0) is 0 Å². The summed E-state index contributed by atoms with van der Waals surface area (Å²) in [5.41, 5.74) is 5.24. The first-order valence-corrected chi connectivity index (χ1v) is 4.08. The van der Waals surface area contributed by atoms with Gasteiger partial charge in [0.05, 0.1) is 0 Å². The Balaban J connectivity index is 2.88. The van der Waals surface area contributed by atoms with Gasteiger partial charge in [0.15, 0.2) is 0 Å². The molecule has 0 heterocycles. The third-order valence-corrected chi connectivity index (χ3v) is 1.60. The van der Waals surface area contributed by atoms with Crippen molar-refractivity contribution in [3.8, 4) is 4.12 Å². The standard InChI is InChI=1S/C3H6N2Te/c1-3(5)6-2-4/h3H,5H2,1H3. The monoisotopic (exact) mass is 200 g/mol. The first-order chi connectivity index (χ1) is 2.77. The van der Waals surface area contributed by atoms with Crippen molar-refractivity contribution >= 4 is 20.9 Å². The summed E-state index contributed by atoms with van der Waals surface area (Å²) in [7, 11) is 0. The van der Waals surface area contributed by atoms with Crippen LogP contribution in [0.5, 0.6) is 0 Å². The molecule has 0 saturated heterocycles. The number of nitrogens with zero attached hydrogens (tertiary/aromatic N) is 1. The Hall–Kier alpha value is 0.240. The van der Waals surface area contributed by atoms with Crippen LogP contribution in [0, 0.1) is 9.38 Å². The zero-order valence-electron chi connectivity index (χ0n) is 3.51. The van der Waals surface area contributed by atoms with E-state index in [1.165, 1.54) is 0 Å². The van der Waals surface area contributed by atoms with Crippen LogP contribution < -0.4 is 5.73 Å². The van der Waals surface area contributed by atoms with Crippen LogP contribution in [-0.4, -0.2) is 25.0 Å². The van der Waals surface area contributed by atoms with Crippen molar-refractivity contribution in [2.24, 2.45) is 5.73 Å². The topological polar surface area (TPSA) is 49.8 Å². The van der Waals surface area contributed by atoms with Crippen LogP contribution >= 0.6 is 0 Å². The van der Waals surface area contributed by atoms with E-state index < -0.39 is 20.9 Å². The Kier molecular flexibility index (Phi) is 3.57. The van der Waals surface area contributed by atoms with Crippen molar-refractivity contribution in [2.45, 2.75) is 11.0 Å². The second-order valence-corrected chi connectivity index (χ2v) is 4.23. The second kappa shape index (κ2) is 3.43. The zero-order chi connectivity index (χ0) is 4.99. The molecule has 0 amide bonds. The molecule has 0 aromatic rings. The van der Waals surface area contributed by atoms with E-state index in [-0.39, 0.29) is 4.09 Å². The van der Waals surface area contributed by atoms with Crippen molar-refractivity contribution in [3.63, 3.8) is 0 Å². The van der Waals surface area contributed by atoms with Gasteiger partial charge < -0.3 is 0 Å². The van der Waals surface area contributed by atoms with Gasteiger partial charge in [-0.2, -0.15) is 0 Å². The van der Waals surface area contributed by atoms with Gasteiger partial charge in [-0.1, -0.05) is 0 Å². The molecular formula is C3H6N2Te. The van der Waals surface area contributed by atoms with Crippen molar-refractivity contribution in [1.29, 1.82) is 5.26 Å². The Morgan fingerprint density at radius 1 is 2.00 bits per heavy atom. The summed E-state index contributed by atoms with van der Waals surface area (Å²) < 4.78 is 2.24. The Bertz CT molecular complexity index is 63.7. The molecule has 0 rings (SSSR count). The van der Waals surface area contributed by atoms with Gasteiger partial charge >= 0.3 is 47.0 Å². The third-order valence-electron chi connectivity index (χ3n) is 0.239. The van der Waals surface area contributed by atoms with Gasteiger partial charge in [-0.05, 0) is 0 Å². The van der Waals surface area contributed by atoms with Crippen LogP contribution in [0.2, 0.25) is 0 Å². The maximum absolute atomic E-state index is 7.96. The molecule has 1 unspecified atom stereocenters. The van der Waals surface area contributed by atoms with Crippen LogP contribution in [0.3, 0.4) is 0 Å². The van der Waals surface area contributed by atoms with Gasteiger partial charge in [-0.15, -0.1) is 0 Å². The summed E-state index contributed by atoms with van der Waals surface area (Å²) in [6.07, 6.45) is 0. The van der Waals surface area contributed by atoms with Gasteiger partial charge in [0, 0.05) is 0 Å². The molecule has 0 radical (unpaired) electrons. The van der Waals surface area contributed by atoms with Gasteiger partial charge in [0.25, 0.3) is 0 Å². The van der Waals surface area contributed by atoms with Crippen molar-refractivity contribution in [1.82, 2.24) is 0 Å². The van der Waals surface area contributed by atoms with Gasteiger partial charge in [-0.25, -0.2) is 0 Å². The molecule has 0 spiro atoms. The van der Waals surface area contributed by atoms with Gasteiger partial charge in [0.2, 0.25) is 0 Å². The number of nitriles is 1. The quantitative estimate of drug-likeness (QED) is 0.575. The van der Waals surface area contributed by atoms with Gasteiger partial charge in [0.1, 0.15) is 0 Å². The van der Waals surface area contributed by atoms with E-state index in [4.69, 9.17) is 11.0 Å². The molecule has 0 fully saturated rings. The maximum atomic E-state index is 7.96. The predicted molar refractivity (Wildman–Crippen MR) is 25.0 cm³/mol. The van der Waals surface area contributed by atoms with E-state index >= 15 is 0 Å². The Morgan fingerprint density at radius 3 is 2.50 bits per heavy atom. The molecule has 0 bridgehead atoms. The Labute approximate surface area is 47.4 Å². The molecule has 3 heteroatoms. The molecule has 2 nitrogen and oxygen atoms in total. The second-order valence-electron chi connectivity index (χ2n) is 0.914. The minimum absolute atomic E-state index is 0.167. The van der Waals surface area contributed by atoms with E-state index in [9.17, 15) is 0 Å². The number of hydrogen-bond acceptors (Lipinski definition) is 2. The summed E-state index contributed by atoms with van der Waals surface area (Å²) in [6.45, 7) is 1.87. The molecular weight excluding hydrogens is 192 g/mol. The molecule has 0 aliphatic rings. The molecule has 0 aromatic carbocycles. The summed E-state index contributed by atoms with van der Waals surface area (Å²) in [4.78, 5) is 0. The van der Waals surface area contributed by atoms with E-state index in [0.29, 0.717) is 0 Å². The first kappa shape index (κ1) is 6.24. The van der Waals surface area contributed by atoms with Gasteiger partial charge in [-0.3, -0.25) is 0 Å². The predicted octanol–water partition coefficient (Wildman–Crippen LogP) is -0.524. The number of nitrogens with two attached hydrogens (primary N) is 1. The fourth-order valence-corrected chi connectivity index (χ4v) is 0.558. The molecule has 1 atom stereocenters. The molecule has 2 N–H and O–H groups in total. The van der Waals surface area contributed by atoms with Crippen LogP contribution in [0.25, 0.3) is 0 Å². The molecule has 34 valence electrons. The van der Waals surface area contributed by atoms with E-state index in [1.54, 1.807) is 0 Å². The summed E-state index contributed by atoms with van der Waals surface area (Å²) in [5, 5.41) is 7.96. The molecule has 0 aliphatic heterocycles. The SMILES string of the molecule is CC(N)[Te]C#N. The molecule has 0 aliphatic carbocycles. The van der Waals surface area contributed by atoms with Crippen LogP contribution in [0.1, 0.15) is 6.92 Å². The normalized spacial score (nSPS) is 12.8. The average molecular weight is 198 g/mol. The minimum atomic E-state index is -0.495. The fraction of sp³-hybridized carbons (Fsp3) is 0.667. The van der Waals surface area contributed by atoms with Crippen molar-refractivity contribution < 1.29 is 0 Å². The third kappa shape index (κ3) is 4.24. The summed E-state index contributed by atoms with van der Waals surface area (Å²) in [5.74, 6) is 0. The molecule has 0 saturated carbocycles. The van der Waals surface area contributed by atoms with E-state index in [1.807, 2.05) is 6.92 Å². The molecule has 6 heavy (non-hydrogen) atoms. The summed E-state index contributed by atoms with van der Waals surface area (Å²) in [6, 6.07) is 0. The number of hydrogen-bond donors (Lipinski definition) is 1. The average Bonchev–Trinajstić information content (AvgIpc) is 1.35. The number of rotatable bonds is 1. The van der Waals surface area contributed by atoms with E-state index in [2.05, 4.69) is 4.12 Å². The van der Waals surface area contributed by atoms with Crippen LogP contribution in [0.4, 0.5) is 0 Å².